The van der Waals surface area contributed by atoms with Crippen molar-refractivity contribution in [2.45, 2.75) is 12.5 Å². The molecule has 0 aromatic carbocycles. The van der Waals surface area contributed by atoms with E-state index in [4.69, 9.17) is 5.73 Å². The maximum absolute atomic E-state index is 10.2. The minimum atomic E-state index is -0.821. The fraction of sp³-hybridized carbons (Fsp3) is 0.545. The highest BCUT2D eigenvalue weighted by Crippen LogP contribution is 2.27. The van der Waals surface area contributed by atoms with Gasteiger partial charge in [0.15, 0.2) is 0 Å². The molecule has 0 radical (unpaired) electrons. The van der Waals surface area contributed by atoms with Crippen LogP contribution in [0.2, 0.25) is 0 Å². The van der Waals surface area contributed by atoms with Gasteiger partial charge in [-0.3, -0.25) is 4.98 Å². The van der Waals surface area contributed by atoms with Crippen LogP contribution in [0.1, 0.15) is 6.92 Å². The summed E-state index contributed by atoms with van der Waals surface area (Å²) in [4.78, 5) is 5.89. The minimum absolute atomic E-state index is 0.415. The number of pyridine rings is 1. The molecule has 0 bridgehead atoms. The molecular formula is C11H19BrN4O. The standard InChI is InChI=1S/C11H19BrN4O/c1-11(17,7-16(2)3)6-15-10-8(12)4-14-5-9(10)13/h4-5,17H,6-7,13H2,1-3H3,(H,14,15). The maximum atomic E-state index is 10.2. The molecule has 1 heterocycles. The van der Waals surface area contributed by atoms with E-state index in [1.807, 2.05) is 19.0 Å². The topological polar surface area (TPSA) is 74.4 Å². The van der Waals surface area contributed by atoms with E-state index in [9.17, 15) is 5.11 Å². The van der Waals surface area contributed by atoms with E-state index in [-0.39, 0.29) is 0 Å². The second-order valence-corrected chi connectivity index (χ2v) is 5.53. The van der Waals surface area contributed by atoms with E-state index < -0.39 is 5.60 Å². The first-order chi connectivity index (χ1) is 7.82. The van der Waals surface area contributed by atoms with E-state index >= 15 is 0 Å². The number of hydrogen-bond donors (Lipinski definition) is 3. The number of nitrogens with two attached hydrogens (primary N) is 1. The second-order valence-electron chi connectivity index (χ2n) is 4.67. The minimum Gasteiger partial charge on any atom is -0.396 e. The average molecular weight is 303 g/mol. The summed E-state index contributed by atoms with van der Waals surface area (Å²) in [7, 11) is 3.84. The number of aromatic nitrogens is 1. The normalized spacial score (nSPS) is 14.7. The zero-order chi connectivity index (χ0) is 13.1. The monoisotopic (exact) mass is 302 g/mol. The second kappa shape index (κ2) is 5.66. The van der Waals surface area contributed by atoms with Crippen LogP contribution in [0.3, 0.4) is 0 Å². The molecule has 0 amide bonds. The highest BCUT2D eigenvalue weighted by Gasteiger charge is 2.21. The molecular weight excluding hydrogens is 284 g/mol. The van der Waals surface area contributed by atoms with Gasteiger partial charge in [0, 0.05) is 19.3 Å². The van der Waals surface area contributed by atoms with E-state index in [0.29, 0.717) is 18.8 Å². The summed E-state index contributed by atoms with van der Waals surface area (Å²) in [5, 5.41) is 13.3. The van der Waals surface area contributed by atoms with Crippen molar-refractivity contribution in [2.24, 2.45) is 0 Å². The van der Waals surface area contributed by atoms with E-state index in [2.05, 4.69) is 26.2 Å². The van der Waals surface area contributed by atoms with E-state index in [1.165, 1.54) is 0 Å². The third-order valence-corrected chi connectivity index (χ3v) is 2.83. The SMILES string of the molecule is CN(C)CC(C)(O)CNc1c(N)cncc1Br. The highest BCUT2D eigenvalue weighted by molar-refractivity contribution is 9.10. The van der Waals surface area contributed by atoms with Crippen LogP contribution in [0.15, 0.2) is 16.9 Å². The summed E-state index contributed by atoms with van der Waals surface area (Å²) >= 11 is 3.37. The Morgan fingerprint density at radius 3 is 2.71 bits per heavy atom. The first-order valence-corrected chi connectivity index (χ1v) is 6.11. The third kappa shape index (κ3) is 4.49. The lowest BCUT2D eigenvalue weighted by molar-refractivity contribution is 0.0460. The van der Waals surface area contributed by atoms with Crippen molar-refractivity contribution in [1.29, 1.82) is 0 Å². The number of nitrogen functional groups attached to an aromatic ring is 1. The lowest BCUT2D eigenvalue weighted by atomic mass is 10.1. The van der Waals surface area contributed by atoms with Crippen molar-refractivity contribution >= 4 is 27.3 Å². The van der Waals surface area contributed by atoms with Crippen molar-refractivity contribution in [3.8, 4) is 0 Å². The van der Waals surface area contributed by atoms with Gasteiger partial charge < -0.3 is 21.1 Å². The van der Waals surface area contributed by atoms with Gasteiger partial charge in [0.05, 0.1) is 27.6 Å². The number of anilines is 2. The first kappa shape index (κ1) is 14.2. The Hall–Kier alpha value is -0.850. The van der Waals surface area contributed by atoms with Crippen molar-refractivity contribution in [2.75, 3.05) is 38.2 Å². The molecule has 0 aliphatic rings. The smallest absolute Gasteiger partial charge is 0.0917 e. The Morgan fingerprint density at radius 1 is 1.53 bits per heavy atom. The molecule has 4 N–H and O–H groups in total. The molecule has 6 heteroatoms. The molecule has 0 aliphatic carbocycles. The maximum Gasteiger partial charge on any atom is 0.0917 e. The fourth-order valence-corrected chi connectivity index (χ4v) is 2.14. The lowest BCUT2D eigenvalue weighted by Crippen LogP contribution is -2.43. The molecule has 0 saturated heterocycles. The summed E-state index contributed by atoms with van der Waals surface area (Å²) in [5.74, 6) is 0. The van der Waals surface area contributed by atoms with Gasteiger partial charge in [-0.15, -0.1) is 0 Å². The van der Waals surface area contributed by atoms with Gasteiger partial charge in [0.1, 0.15) is 0 Å². The van der Waals surface area contributed by atoms with Gasteiger partial charge in [-0.05, 0) is 36.9 Å². The Balaban J connectivity index is 2.67. The van der Waals surface area contributed by atoms with E-state index in [1.54, 1.807) is 19.3 Å². The van der Waals surface area contributed by atoms with Gasteiger partial charge >= 0.3 is 0 Å². The van der Waals surface area contributed by atoms with Crippen LogP contribution < -0.4 is 11.1 Å². The number of halogens is 1. The predicted molar refractivity (Wildman–Crippen MR) is 74.0 cm³/mol. The number of aliphatic hydroxyl groups is 1. The van der Waals surface area contributed by atoms with Crippen LogP contribution in [0, 0.1) is 0 Å². The summed E-state index contributed by atoms with van der Waals surface area (Å²) in [6.45, 7) is 2.77. The van der Waals surface area contributed by atoms with Gasteiger partial charge in [-0.2, -0.15) is 0 Å². The number of likely N-dealkylation sites (N-methyl/N-ethyl adjacent to an activating group) is 1. The molecule has 1 aromatic heterocycles. The van der Waals surface area contributed by atoms with Crippen molar-refractivity contribution in [1.82, 2.24) is 9.88 Å². The fourth-order valence-electron chi connectivity index (χ4n) is 1.65. The van der Waals surface area contributed by atoms with Crippen LogP contribution in [0.4, 0.5) is 11.4 Å². The van der Waals surface area contributed by atoms with Crippen LogP contribution in [-0.4, -0.2) is 47.8 Å². The van der Waals surface area contributed by atoms with Crippen molar-refractivity contribution in [3.63, 3.8) is 0 Å². The van der Waals surface area contributed by atoms with Gasteiger partial charge in [0.2, 0.25) is 0 Å². The first-order valence-electron chi connectivity index (χ1n) is 5.32. The predicted octanol–water partition coefficient (Wildman–Crippen LogP) is 1.15. The third-order valence-electron chi connectivity index (χ3n) is 2.23. The van der Waals surface area contributed by atoms with Crippen LogP contribution in [0.5, 0.6) is 0 Å². The van der Waals surface area contributed by atoms with Gasteiger partial charge in [-0.1, -0.05) is 0 Å². The molecule has 0 aliphatic heterocycles. The van der Waals surface area contributed by atoms with E-state index in [0.717, 1.165) is 10.2 Å². The van der Waals surface area contributed by atoms with Crippen molar-refractivity contribution in [3.05, 3.63) is 16.9 Å². The molecule has 1 atom stereocenters. The Morgan fingerprint density at radius 2 is 2.18 bits per heavy atom. The van der Waals surface area contributed by atoms with Crippen molar-refractivity contribution < 1.29 is 5.11 Å². The quantitative estimate of drug-likeness (QED) is 0.761. The number of rotatable bonds is 5. The Bertz CT molecular complexity index is 361. The lowest BCUT2D eigenvalue weighted by Gasteiger charge is -2.28. The Labute approximate surface area is 110 Å². The van der Waals surface area contributed by atoms with Gasteiger partial charge in [-0.25, -0.2) is 0 Å². The molecule has 96 valence electrons. The van der Waals surface area contributed by atoms with Crippen LogP contribution in [-0.2, 0) is 0 Å². The highest BCUT2D eigenvalue weighted by atomic mass is 79.9. The summed E-state index contributed by atoms with van der Waals surface area (Å²) in [6, 6.07) is 0. The number of nitrogens with zero attached hydrogens (tertiary/aromatic N) is 2. The Kier molecular flexibility index (Phi) is 4.73. The van der Waals surface area contributed by atoms with Crippen LogP contribution >= 0.6 is 15.9 Å². The summed E-state index contributed by atoms with van der Waals surface area (Å²) in [5.41, 5.74) is 6.30. The summed E-state index contributed by atoms with van der Waals surface area (Å²) in [6.07, 6.45) is 3.24. The molecule has 0 spiro atoms. The molecule has 0 fully saturated rings. The zero-order valence-corrected chi connectivity index (χ0v) is 12.0. The molecule has 1 rings (SSSR count). The zero-order valence-electron chi connectivity index (χ0n) is 10.4. The molecule has 1 unspecified atom stereocenters. The molecule has 0 saturated carbocycles. The molecule has 17 heavy (non-hydrogen) atoms. The van der Waals surface area contributed by atoms with Gasteiger partial charge in [0.25, 0.3) is 0 Å². The number of nitrogens with one attached hydrogen (secondary N) is 1. The van der Waals surface area contributed by atoms with Crippen LogP contribution in [0.25, 0.3) is 0 Å². The average Bonchev–Trinajstić information content (AvgIpc) is 2.14. The molecule has 5 nitrogen and oxygen atoms in total. The summed E-state index contributed by atoms with van der Waals surface area (Å²) < 4.78 is 0.790. The molecule has 1 aromatic rings. The number of hydrogen-bond acceptors (Lipinski definition) is 5. The largest absolute Gasteiger partial charge is 0.396 e.